The maximum absolute atomic E-state index is 11.7. The van der Waals surface area contributed by atoms with Gasteiger partial charge in [0.25, 0.3) is 0 Å². The van der Waals surface area contributed by atoms with Crippen LogP contribution in [0.2, 0.25) is 0 Å². The molecule has 146 valence electrons. The predicted molar refractivity (Wildman–Crippen MR) is 111 cm³/mol. The zero-order valence-electron chi connectivity index (χ0n) is 16.7. The quantitative estimate of drug-likeness (QED) is 0.806. The minimum atomic E-state index is 0. The highest BCUT2D eigenvalue weighted by atomic mass is 16.1. The largest absolute Gasteiger partial charge is 0.349 e. The van der Waals surface area contributed by atoms with Crippen LogP contribution in [0.5, 0.6) is 0 Å². The molecule has 1 aromatic rings. The molecule has 4 unspecified atom stereocenters. The Morgan fingerprint density at radius 2 is 2.07 bits per heavy atom. The zero-order chi connectivity index (χ0) is 18.6. The number of amides is 1. The second kappa shape index (κ2) is 6.48. The predicted octanol–water partition coefficient (Wildman–Crippen LogP) is 4.37. The minimum absolute atomic E-state index is 0. The van der Waals surface area contributed by atoms with E-state index in [1.165, 1.54) is 62.0 Å². The Hall–Kier alpha value is -1.61. The van der Waals surface area contributed by atoms with Gasteiger partial charge in [0.15, 0.2) is 0 Å². The maximum Gasteiger partial charge on any atom is 0.217 e. The zero-order valence-corrected chi connectivity index (χ0v) is 16.7. The van der Waals surface area contributed by atoms with E-state index in [9.17, 15) is 4.79 Å². The summed E-state index contributed by atoms with van der Waals surface area (Å²) in [5.74, 6) is 2.70. The summed E-state index contributed by atoms with van der Waals surface area (Å²) >= 11 is 0. The minimum Gasteiger partial charge on any atom is -0.349 e. The van der Waals surface area contributed by atoms with Crippen molar-refractivity contribution in [2.75, 3.05) is 19.6 Å². The fourth-order valence-corrected chi connectivity index (χ4v) is 6.51. The molecule has 3 aliphatic carbocycles. The van der Waals surface area contributed by atoms with E-state index in [0.717, 1.165) is 24.2 Å². The number of allylic oxidation sites excluding steroid dienone is 2. The molecular weight excluding hydrogens is 332 g/mol. The van der Waals surface area contributed by atoms with Crippen LogP contribution in [0.3, 0.4) is 0 Å². The van der Waals surface area contributed by atoms with Gasteiger partial charge in [0, 0.05) is 20.3 Å². The summed E-state index contributed by atoms with van der Waals surface area (Å²) in [7, 11) is 0. The summed E-state index contributed by atoms with van der Waals surface area (Å²) in [6, 6.07) is 7.10. The molecule has 1 aromatic carbocycles. The van der Waals surface area contributed by atoms with Crippen molar-refractivity contribution in [1.29, 1.82) is 0 Å². The number of carbonyl (C=O) groups is 1. The molecule has 1 spiro atoms. The van der Waals surface area contributed by atoms with Gasteiger partial charge in [-0.25, -0.2) is 0 Å². The number of carbonyl (C=O) groups excluding carboxylic acids is 1. The van der Waals surface area contributed by atoms with E-state index in [2.05, 4.69) is 47.5 Å². The summed E-state index contributed by atoms with van der Waals surface area (Å²) in [4.78, 5) is 14.5. The second-order valence-electron chi connectivity index (χ2n) is 9.67. The number of benzene rings is 1. The van der Waals surface area contributed by atoms with E-state index in [0.29, 0.717) is 0 Å². The summed E-state index contributed by atoms with van der Waals surface area (Å²) in [6.07, 6.45) is 11.3. The lowest BCUT2D eigenvalue weighted by atomic mass is 9.73. The normalized spacial score (nSPS) is 33.6. The van der Waals surface area contributed by atoms with Crippen molar-refractivity contribution in [3.05, 3.63) is 47.0 Å². The molecule has 0 aromatic heterocycles. The number of nitrogens with zero attached hydrogens (tertiary/aromatic N) is 1. The van der Waals surface area contributed by atoms with Crippen LogP contribution >= 0.6 is 0 Å². The van der Waals surface area contributed by atoms with Gasteiger partial charge in [-0.2, -0.15) is 0 Å². The molecule has 2 bridgehead atoms. The highest BCUT2D eigenvalue weighted by molar-refractivity contribution is 5.74. The smallest absolute Gasteiger partial charge is 0.217 e. The standard InChI is InChI=1S/C24H32N2O.H2/c1-16-3-6-22-21(11-16)23(25-17(2)27)14-24(22)7-9-26(10-8-24)15-20-13-18-4-5-19(20)12-18;/h3-6,11,18-20,23H,7-10,12-15H2,1-2H3,(H,25,27);1H. The molecule has 4 aliphatic rings. The molecule has 1 heterocycles. The molecule has 4 atom stereocenters. The average molecular weight is 367 g/mol. The van der Waals surface area contributed by atoms with Crippen molar-refractivity contribution in [3.8, 4) is 0 Å². The molecule has 3 heteroatoms. The lowest BCUT2D eigenvalue weighted by Crippen LogP contribution is -2.44. The molecule has 1 amide bonds. The number of aryl methyl sites for hydroxylation is 1. The van der Waals surface area contributed by atoms with Crippen LogP contribution < -0.4 is 5.32 Å². The number of hydrogen-bond acceptors (Lipinski definition) is 2. The van der Waals surface area contributed by atoms with Crippen LogP contribution in [0.1, 0.15) is 63.2 Å². The summed E-state index contributed by atoms with van der Waals surface area (Å²) in [5, 5.41) is 3.22. The van der Waals surface area contributed by atoms with Crippen LogP contribution in [-0.2, 0) is 10.2 Å². The Balaban J connectivity index is 0.00000192. The van der Waals surface area contributed by atoms with Gasteiger partial charge in [-0.3, -0.25) is 4.79 Å². The first kappa shape index (κ1) is 17.5. The van der Waals surface area contributed by atoms with Gasteiger partial charge in [0.1, 0.15) is 0 Å². The van der Waals surface area contributed by atoms with Crippen molar-refractivity contribution in [3.63, 3.8) is 0 Å². The van der Waals surface area contributed by atoms with E-state index < -0.39 is 0 Å². The van der Waals surface area contributed by atoms with Gasteiger partial charge in [-0.15, -0.1) is 0 Å². The van der Waals surface area contributed by atoms with Crippen LogP contribution in [0.25, 0.3) is 0 Å². The Morgan fingerprint density at radius 1 is 1.26 bits per heavy atom. The third kappa shape index (κ3) is 3.04. The van der Waals surface area contributed by atoms with Crippen LogP contribution in [0.15, 0.2) is 30.4 Å². The Kier molecular flexibility index (Phi) is 4.19. The number of likely N-dealkylation sites (tertiary alicyclic amines) is 1. The summed E-state index contributed by atoms with van der Waals surface area (Å²) < 4.78 is 0. The first-order chi connectivity index (χ1) is 13.0. The van der Waals surface area contributed by atoms with Crippen LogP contribution in [-0.4, -0.2) is 30.4 Å². The van der Waals surface area contributed by atoms with Gasteiger partial charge in [0.2, 0.25) is 5.91 Å². The van der Waals surface area contributed by atoms with Gasteiger partial charge in [-0.1, -0.05) is 35.9 Å². The number of hydrogen-bond donors (Lipinski definition) is 1. The Labute approximate surface area is 164 Å². The fourth-order valence-electron chi connectivity index (χ4n) is 6.51. The second-order valence-corrected chi connectivity index (χ2v) is 9.67. The van der Waals surface area contributed by atoms with Crippen LogP contribution in [0.4, 0.5) is 0 Å². The van der Waals surface area contributed by atoms with Gasteiger partial charge in [-0.05, 0) is 81.0 Å². The third-order valence-corrected chi connectivity index (χ3v) is 7.85. The van der Waals surface area contributed by atoms with Gasteiger partial charge in [0.05, 0.1) is 6.04 Å². The average Bonchev–Trinajstić information content (AvgIpc) is 3.31. The van der Waals surface area contributed by atoms with Crippen molar-refractivity contribution < 1.29 is 6.22 Å². The fraction of sp³-hybridized carbons (Fsp3) is 0.625. The van der Waals surface area contributed by atoms with Crippen LogP contribution in [0, 0.1) is 24.7 Å². The van der Waals surface area contributed by atoms with E-state index in [1.54, 1.807) is 6.92 Å². The lowest BCUT2D eigenvalue weighted by molar-refractivity contribution is -0.119. The molecule has 1 saturated carbocycles. The Bertz CT molecular complexity index is 781. The van der Waals surface area contributed by atoms with E-state index in [-0.39, 0.29) is 18.8 Å². The van der Waals surface area contributed by atoms with E-state index in [1.807, 2.05) is 0 Å². The highest BCUT2D eigenvalue weighted by Gasteiger charge is 2.46. The number of piperidine rings is 1. The molecule has 5 rings (SSSR count). The van der Waals surface area contributed by atoms with Crippen molar-refractivity contribution in [2.24, 2.45) is 17.8 Å². The Morgan fingerprint density at radius 3 is 2.74 bits per heavy atom. The first-order valence-corrected chi connectivity index (χ1v) is 10.8. The molecule has 0 radical (unpaired) electrons. The van der Waals surface area contributed by atoms with Crippen molar-refractivity contribution in [1.82, 2.24) is 10.2 Å². The molecule has 1 N–H and O–H groups in total. The molecular formula is C24H34N2O. The number of rotatable bonds is 3. The molecule has 2 fully saturated rings. The molecule has 1 aliphatic heterocycles. The number of nitrogens with one attached hydrogen (secondary N) is 1. The molecule has 3 nitrogen and oxygen atoms in total. The lowest BCUT2D eigenvalue weighted by Gasteiger charge is -2.41. The maximum atomic E-state index is 11.7. The monoisotopic (exact) mass is 366 g/mol. The topological polar surface area (TPSA) is 32.3 Å². The SMILES string of the molecule is CC(=O)NC1CC2(CCN(CC3CC4C=CC3C4)CC2)c2ccc(C)cc21.[HH]. The molecule has 27 heavy (non-hydrogen) atoms. The number of fused-ring (bicyclic) bond motifs is 4. The third-order valence-electron chi connectivity index (χ3n) is 7.85. The summed E-state index contributed by atoms with van der Waals surface area (Å²) in [6.45, 7) is 7.50. The van der Waals surface area contributed by atoms with Crippen molar-refractivity contribution >= 4 is 5.91 Å². The van der Waals surface area contributed by atoms with Crippen molar-refractivity contribution in [2.45, 2.75) is 57.4 Å². The highest BCUT2D eigenvalue weighted by Crippen LogP contribution is 2.51. The molecule has 1 saturated heterocycles. The van der Waals surface area contributed by atoms with E-state index in [4.69, 9.17) is 0 Å². The summed E-state index contributed by atoms with van der Waals surface area (Å²) in [5.41, 5.74) is 4.44. The van der Waals surface area contributed by atoms with Gasteiger partial charge < -0.3 is 10.2 Å². The first-order valence-electron chi connectivity index (χ1n) is 10.8. The van der Waals surface area contributed by atoms with E-state index >= 15 is 0 Å². The van der Waals surface area contributed by atoms with Gasteiger partial charge >= 0.3 is 0 Å².